The summed E-state index contributed by atoms with van der Waals surface area (Å²) >= 11 is 3.01. The van der Waals surface area contributed by atoms with Crippen LogP contribution >= 0.6 is 22.7 Å². The van der Waals surface area contributed by atoms with Gasteiger partial charge in [-0.05, 0) is 56.9 Å². The lowest BCUT2D eigenvalue weighted by atomic mass is 10.3. The predicted octanol–water partition coefficient (Wildman–Crippen LogP) is 3.48. The van der Waals surface area contributed by atoms with Crippen molar-refractivity contribution < 1.29 is 13.2 Å². The van der Waals surface area contributed by atoms with Crippen molar-refractivity contribution in [3.05, 3.63) is 56.3 Å². The highest BCUT2D eigenvalue weighted by atomic mass is 32.2. The molecule has 104 valence electrons. The maximum atomic E-state index is 11.8. The molecule has 0 unspecified atom stereocenters. The molecule has 0 aliphatic rings. The van der Waals surface area contributed by atoms with Gasteiger partial charge in [0, 0.05) is 5.41 Å². The molecule has 0 saturated carbocycles. The standard InChI is InChI=1S/C14H12O3S3/c15-14(2-1-12-3-6-18-9-12)11-20(16,17)8-5-13-4-7-19-10-13/h1-10H,11H2/b2-1-,8-5+. The molecular weight excluding hydrogens is 312 g/mol. The SMILES string of the molecule is O=C(/C=C\c1ccsc1)CS(=O)(=O)/C=C/c1ccsc1. The van der Waals surface area contributed by atoms with Gasteiger partial charge in [0.15, 0.2) is 15.6 Å². The van der Waals surface area contributed by atoms with E-state index in [0.717, 1.165) is 16.5 Å². The molecule has 3 nitrogen and oxygen atoms in total. The number of hydrogen-bond donors (Lipinski definition) is 0. The molecule has 0 saturated heterocycles. The van der Waals surface area contributed by atoms with Crippen LogP contribution in [0.3, 0.4) is 0 Å². The zero-order valence-electron chi connectivity index (χ0n) is 10.4. The summed E-state index contributed by atoms with van der Waals surface area (Å²) in [5.74, 6) is -0.931. The first-order valence-electron chi connectivity index (χ1n) is 5.71. The van der Waals surface area contributed by atoms with Gasteiger partial charge < -0.3 is 0 Å². The fraction of sp³-hybridized carbons (Fsp3) is 0.0714. The number of thiophene rings is 2. The third kappa shape index (κ3) is 4.88. The molecule has 0 amide bonds. The first-order chi connectivity index (χ1) is 9.55. The van der Waals surface area contributed by atoms with Crippen LogP contribution in [-0.4, -0.2) is 20.0 Å². The summed E-state index contributed by atoms with van der Waals surface area (Å²) < 4.78 is 23.5. The Morgan fingerprint density at radius 1 is 1.05 bits per heavy atom. The molecule has 6 heteroatoms. The van der Waals surface area contributed by atoms with E-state index in [1.54, 1.807) is 6.08 Å². The van der Waals surface area contributed by atoms with Crippen LogP contribution in [0.1, 0.15) is 11.1 Å². The maximum absolute atomic E-state index is 11.8. The van der Waals surface area contributed by atoms with Gasteiger partial charge in [-0.15, -0.1) is 0 Å². The van der Waals surface area contributed by atoms with Crippen LogP contribution in [-0.2, 0) is 14.6 Å². The minimum absolute atomic E-state index is 0.425. The van der Waals surface area contributed by atoms with Crippen LogP contribution in [0, 0.1) is 0 Å². The van der Waals surface area contributed by atoms with E-state index in [0.29, 0.717) is 0 Å². The van der Waals surface area contributed by atoms with Crippen molar-refractivity contribution in [1.82, 2.24) is 0 Å². The van der Waals surface area contributed by atoms with Gasteiger partial charge in [-0.2, -0.15) is 22.7 Å². The molecule has 2 aromatic heterocycles. The van der Waals surface area contributed by atoms with E-state index in [-0.39, 0.29) is 0 Å². The lowest BCUT2D eigenvalue weighted by Crippen LogP contribution is -2.11. The van der Waals surface area contributed by atoms with E-state index < -0.39 is 21.4 Å². The first kappa shape index (κ1) is 14.9. The van der Waals surface area contributed by atoms with E-state index in [4.69, 9.17) is 0 Å². The Balaban J connectivity index is 1.96. The van der Waals surface area contributed by atoms with Gasteiger partial charge in [-0.3, -0.25) is 4.79 Å². The Labute approximate surface area is 125 Å². The van der Waals surface area contributed by atoms with E-state index in [1.807, 2.05) is 33.7 Å². The second kappa shape index (κ2) is 6.78. The third-order valence-corrected chi connectivity index (χ3v) is 5.00. The molecule has 2 heterocycles. The second-order valence-electron chi connectivity index (χ2n) is 4.02. The predicted molar refractivity (Wildman–Crippen MR) is 85.5 cm³/mol. The van der Waals surface area contributed by atoms with Gasteiger partial charge >= 0.3 is 0 Å². The molecule has 20 heavy (non-hydrogen) atoms. The van der Waals surface area contributed by atoms with Gasteiger partial charge in [0.05, 0.1) is 0 Å². The molecule has 0 aliphatic heterocycles. The quantitative estimate of drug-likeness (QED) is 0.764. The highest BCUT2D eigenvalue weighted by Gasteiger charge is 2.11. The van der Waals surface area contributed by atoms with Gasteiger partial charge in [0.1, 0.15) is 5.75 Å². The van der Waals surface area contributed by atoms with Crippen LogP contribution in [0.25, 0.3) is 12.2 Å². The van der Waals surface area contributed by atoms with Crippen molar-refractivity contribution in [3.63, 3.8) is 0 Å². The van der Waals surface area contributed by atoms with Crippen molar-refractivity contribution >= 4 is 50.4 Å². The minimum Gasteiger partial charge on any atom is -0.294 e. The Morgan fingerprint density at radius 2 is 1.65 bits per heavy atom. The number of sulfone groups is 1. The molecule has 2 rings (SSSR count). The summed E-state index contributed by atoms with van der Waals surface area (Å²) in [5, 5.41) is 8.57. The molecule has 0 aliphatic carbocycles. The number of ketones is 1. The highest BCUT2D eigenvalue weighted by molar-refractivity contribution is 7.95. The lowest BCUT2D eigenvalue weighted by Gasteiger charge is -1.94. The zero-order valence-corrected chi connectivity index (χ0v) is 12.9. The van der Waals surface area contributed by atoms with Gasteiger partial charge in [-0.25, -0.2) is 8.42 Å². The summed E-state index contributed by atoms with van der Waals surface area (Å²) in [5.41, 5.74) is 1.72. The summed E-state index contributed by atoms with van der Waals surface area (Å²) in [7, 11) is -3.52. The Morgan fingerprint density at radius 3 is 2.20 bits per heavy atom. The van der Waals surface area contributed by atoms with E-state index in [1.165, 1.54) is 34.8 Å². The Hall–Kier alpha value is -1.50. The van der Waals surface area contributed by atoms with Gasteiger partial charge in [0.2, 0.25) is 0 Å². The Kier molecular flexibility index (Phi) is 5.05. The molecule has 0 atom stereocenters. The fourth-order valence-electron chi connectivity index (χ4n) is 1.41. The number of rotatable bonds is 6. The molecule has 0 N–H and O–H groups in total. The summed E-state index contributed by atoms with van der Waals surface area (Å²) in [6.45, 7) is 0. The summed E-state index contributed by atoms with van der Waals surface area (Å²) in [6.07, 6.45) is 4.43. The number of allylic oxidation sites excluding steroid dienone is 1. The van der Waals surface area contributed by atoms with Crippen molar-refractivity contribution in [2.75, 3.05) is 5.75 Å². The topological polar surface area (TPSA) is 51.2 Å². The van der Waals surface area contributed by atoms with Crippen molar-refractivity contribution in [2.45, 2.75) is 0 Å². The maximum Gasteiger partial charge on any atom is 0.179 e. The number of hydrogen-bond acceptors (Lipinski definition) is 5. The number of carbonyl (C=O) groups is 1. The van der Waals surface area contributed by atoms with Crippen molar-refractivity contribution in [2.24, 2.45) is 0 Å². The first-order valence-corrected chi connectivity index (χ1v) is 9.31. The Bertz CT molecular complexity index is 706. The smallest absolute Gasteiger partial charge is 0.179 e. The van der Waals surface area contributed by atoms with Gasteiger partial charge in [0.25, 0.3) is 0 Å². The van der Waals surface area contributed by atoms with Crippen LogP contribution < -0.4 is 0 Å². The van der Waals surface area contributed by atoms with Gasteiger partial charge in [-0.1, -0.05) is 6.08 Å². The zero-order chi connectivity index (χ0) is 14.4. The molecule has 2 aromatic rings. The summed E-state index contributed by atoms with van der Waals surface area (Å²) in [6, 6.07) is 3.67. The molecule has 0 spiro atoms. The van der Waals surface area contributed by atoms with Crippen LogP contribution in [0.4, 0.5) is 0 Å². The summed E-state index contributed by atoms with van der Waals surface area (Å²) in [4.78, 5) is 11.6. The van der Waals surface area contributed by atoms with E-state index in [9.17, 15) is 13.2 Å². The highest BCUT2D eigenvalue weighted by Crippen LogP contribution is 2.10. The third-order valence-electron chi connectivity index (χ3n) is 2.36. The minimum atomic E-state index is -3.52. The van der Waals surface area contributed by atoms with E-state index >= 15 is 0 Å². The molecular formula is C14H12O3S3. The average Bonchev–Trinajstić information content (AvgIpc) is 3.07. The van der Waals surface area contributed by atoms with Crippen molar-refractivity contribution in [3.8, 4) is 0 Å². The van der Waals surface area contributed by atoms with Crippen LogP contribution in [0.15, 0.2) is 45.1 Å². The monoisotopic (exact) mass is 324 g/mol. The molecule has 0 radical (unpaired) electrons. The van der Waals surface area contributed by atoms with E-state index in [2.05, 4.69) is 0 Å². The second-order valence-corrected chi connectivity index (χ2v) is 7.47. The van der Waals surface area contributed by atoms with Crippen molar-refractivity contribution in [1.29, 1.82) is 0 Å². The molecule has 0 bridgehead atoms. The molecule has 0 fully saturated rings. The molecule has 0 aromatic carbocycles. The van der Waals surface area contributed by atoms with Crippen LogP contribution in [0.5, 0.6) is 0 Å². The normalized spacial score (nSPS) is 12.4. The number of carbonyl (C=O) groups excluding carboxylic acids is 1. The van der Waals surface area contributed by atoms with Crippen LogP contribution in [0.2, 0.25) is 0 Å². The lowest BCUT2D eigenvalue weighted by molar-refractivity contribution is -0.112. The fourth-order valence-corrected chi connectivity index (χ4v) is 3.62. The average molecular weight is 324 g/mol. The largest absolute Gasteiger partial charge is 0.294 e.